The van der Waals surface area contributed by atoms with Gasteiger partial charge in [-0.3, -0.25) is 9.36 Å². The smallest absolute Gasteiger partial charge is 0.252 e. The zero-order chi connectivity index (χ0) is 15.9. The van der Waals surface area contributed by atoms with Crippen molar-refractivity contribution in [2.75, 3.05) is 12.3 Å². The number of aromatic nitrogens is 4. The van der Waals surface area contributed by atoms with Gasteiger partial charge < -0.3 is 26.0 Å². The van der Waals surface area contributed by atoms with Crippen LogP contribution < -0.4 is 11.1 Å². The maximum absolute atomic E-state index is 11.9. The van der Waals surface area contributed by atoms with E-state index < -0.39 is 30.4 Å². The average molecular weight is 308 g/mol. The van der Waals surface area contributed by atoms with Crippen LogP contribution in [-0.2, 0) is 9.53 Å². The fourth-order valence-electron chi connectivity index (χ4n) is 2.44. The fraction of sp³-hybridized carbons (Fsp3) is 0.500. The highest BCUT2D eigenvalue weighted by Gasteiger charge is 2.47. The molecule has 118 valence electrons. The summed E-state index contributed by atoms with van der Waals surface area (Å²) in [5.74, 6) is -0.299. The Balaban J connectivity index is 1.94. The molecule has 3 heterocycles. The number of ether oxygens (including phenoxy) is 1. The lowest BCUT2D eigenvalue weighted by atomic mass is 10.1. The Kier molecular flexibility index (Phi) is 3.64. The first kappa shape index (κ1) is 14.6. The highest BCUT2D eigenvalue weighted by atomic mass is 16.6. The Hall–Kier alpha value is -2.30. The highest BCUT2D eigenvalue weighted by Crippen LogP contribution is 2.31. The van der Waals surface area contributed by atoms with Crippen LogP contribution in [0.4, 0.5) is 5.82 Å². The molecule has 1 aliphatic heterocycles. The first-order chi connectivity index (χ1) is 10.5. The Morgan fingerprint density at radius 2 is 2.18 bits per heavy atom. The van der Waals surface area contributed by atoms with Crippen molar-refractivity contribution in [2.45, 2.75) is 31.5 Å². The normalized spacial score (nSPS) is 28.1. The van der Waals surface area contributed by atoms with Gasteiger partial charge >= 0.3 is 0 Å². The zero-order valence-electron chi connectivity index (χ0n) is 11.7. The molecule has 0 spiro atoms. The number of hydrogen-bond acceptors (Lipinski definition) is 8. The summed E-state index contributed by atoms with van der Waals surface area (Å²) < 4.78 is 6.92. The number of rotatable bonds is 3. The van der Waals surface area contributed by atoms with Crippen LogP contribution in [0.15, 0.2) is 12.7 Å². The van der Waals surface area contributed by atoms with Crippen molar-refractivity contribution in [3.63, 3.8) is 0 Å². The van der Waals surface area contributed by atoms with Crippen LogP contribution in [0.1, 0.15) is 13.2 Å². The third kappa shape index (κ3) is 2.17. The summed E-state index contributed by atoms with van der Waals surface area (Å²) in [5, 5.41) is 22.7. The van der Waals surface area contributed by atoms with Crippen molar-refractivity contribution in [1.82, 2.24) is 24.8 Å². The molecule has 1 aliphatic rings. The van der Waals surface area contributed by atoms with Crippen LogP contribution in [-0.4, -0.2) is 60.5 Å². The Morgan fingerprint density at radius 1 is 1.41 bits per heavy atom. The maximum atomic E-state index is 11.9. The van der Waals surface area contributed by atoms with Crippen LogP contribution in [0, 0.1) is 0 Å². The van der Waals surface area contributed by atoms with Gasteiger partial charge in [-0.25, -0.2) is 15.0 Å². The molecule has 2 aromatic heterocycles. The van der Waals surface area contributed by atoms with Crippen molar-refractivity contribution < 1.29 is 19.7 Å². The third-order valence-electron chi connectivity index (χ3n) is 3.51. The number of nitrogens with zero attached hydrogens (tertiary/aromatic N) is 4. The van der Waals surface area contributed by atoms with E-state index in [1.165, 1.54) is 17.2 Å². The molecule has 1 saturated heterocycles. The number of nitrogens with two attached hydrogens (primary N) is 1. The van der Waals surface area contributed by atoms with Gasteiger partial charge in [0, 0.05) is 6.54 Å². The van der Waals surface area contributed by atoms with E-state index in [2.05, 4.69) is 20.3 Å². The van der Waals surface area contributed by atoms with E-state index >= 15 is 0 Å². The number of imidazole rings is 1. The van der Waals surface area contributed by atoms with Gasteiger partial charge in [-0.2, -0.15) is 0 Å². The second-order valence-corrected chi connectivity index (χ2v) is 4.91. The number of amides is 1. The Labute approximate surface area is 124 Å². The summed E-state index contributed by atoms with van der Waals surface area (Å²) in [5.41, 5.74) is 6.40. The van der Waals surface area contributed by atoms with Crippen LogP contribution in [0.5, 0.6) is 0 Å². The van der Waals surface area contributed by atoms with E-state index in [9.17, 15) is 15.0 Å². The van der Waals surface area contributed by atoms with Gasteiger partial charge in [-0.1, -0.05) is 0 Å². The van der Waals surface area contributed by atoms with E-state index in [1.54, 1.807) is 6.92 Å². The summed E-state index contributed by atoms with van der Waals surface area (Å²) in [6.45, 7) is 2.14. The molecular weight excluding hydrogens is 292 g/mol. The first-order valence-corrected chi connectivity index (χ1v) is 6.77. The number of fused-ring (bicyclic) bond motifs is 1. The van der Waals surface area contributed by atoms with E-state index in [4.69, 9.17) is 10.5 Å². The van der Waals surface area contributed by atoms with Gasteiger partial charge in [-0.15, -0.1) is 0 Å². The Morgan fingerprint density at radius 3 is 2.91 bits per heavy atom. The standard InChI is InChI=1S/C12H16N6O4/c1-2-14-11(21)8-6(19)7(20)12(22-8)18-4-17-5-9(13)15-3-16-10(5)18/h3-4,6-8,12,19-20H,2H2,1H3,(H,14,21)(H2,13,15,16)/t6?,7?,8?,12-/m1/s1. The minimum Gasteiger partial charge on any atom is -0.387 e. The van der Waals surface area contributed by atoms with Gasteiger partial charge in [0.15, 0.2) is 23.8 Å². The second kappa shape index (κ2) is 5.48. The number of aliphatic hydroxyl groups excluding tert-OH is 2. The fourth-order valence-corrected chi connectivity index (χ4v) is 2.44. The molecule has 3 rings (SSSR count). The molecule has 0 aliphatic carbocycles. The summed E-state index contributed by atoms with van der Waals surface area (Å²) >= 11 is 0. The molecule has 5 N–H and O–H groups in total. The molecule has 4 atom stereocenters. The summed E-state index contributed by atoms with van der Waals surface area (Å²) in [6.07, 6.45) is -2.20. The van der Waals surface area contributed by atoms with E-state index in [-0.39, 0.29) is 5.82 Å². The number of nitrogen functional groups attached to an aromatic ring is 1. The topological polar surface area (TPSA) is 148 Å². The van der Waals surface area contributed by atoms with Gasteiger partial charge in [0.25, 0.3) is 5.91 Å². The minimum absolute atomic E-state index is 0.192. The number of carbonyl (C=O) groups is 1. The van der Waals surface area contributed by atoms with Crippen molar-refractivity contribution in [3.8, 4) is 0 Å². The van der Waals surface area contributed by atoms with Gasteiger partial charge in [0.05, 0.1) is 6.33 Å². The summed E-state index contributed by atoms with van der Waals surface area (Å²) in [4.78, 5) is 23.8. The number of nitrogens with one attached hydrogen (secondary N) is 1. The Bertz CT molecular complexity index is 704. The zero-order valence-corrected chi connectivity index (χ0v) is 11.7. The van der Waals surface area contributed by atoms with Crippen molar-refractivity contribution in [1.29, 1.82) is 0 Å². The molecule has 10 nitrogen and oxygen atoms in total. The van der Waals surface area contributed by atoms with Crippen molar-refractivity contribution >= 4 is 22.9 Å². The number of anilines is 1. The number of likely N-dealkylation sites (N-methyl/N-ethyl adjacent to an activating group) is 1. The van der Waals surface area contributed by atoms with Crippen LogP contribution in [0.25, 0.3) is 11.2 Å². The second-order valence-electron chi connectivity index (χ2n) is 4.91. The highest BCUT2D eigenvalue weighted by molar-refractivity contribution is 5.82. The average Bonchev–Trinajstić information content (AvgIpc) is 3.03. The monoisotopic (exact) mass is 308 g/mol. The van der Waals surface area contributed by atoms with Crippen LogP contribution in [0.2, 0.25) is 0 Å². The quantitative estimate of drug-likeness (QED) is 0.517. The number of hydrogen-bond donors (Lipinski definition) is 4. The lowest BCUT2D eigenvalue weighted by Gasteiger charge is -2.16. The molecule has 1 fully saturated rings. The van der Waals surface area contributed by atoms with Crippen LogP contribution in [0.3, 0.4) is 0 Å². The number of carbonyl (C=O) groups excluding carboxylic acids is 1. The molecular formula is C12H16N6O4. The number of aliphatic hydroxyl groups is 2. The largest absolute Gasteiger partial charge is 0.387 e. The molecule has 2 aromatic rings. The van der Waals surface area contributed by atoms with Crippen molar-refractivity contribution in [3.05, 3.63) is 12.7 Å². The van der Waals surface area contributed by atoms with Gasteiger partial charge in [0.1, 0.15) is 24.1 Å². The first-order valence-electron chi connectivity index (χ1n) is 6.77. The van der Waals surface area contributed by atoms with Crippen molar-refractivity contribution in [2.24, 2.45) is 0 Å². The molecule has 0 bridgehead atoms. The molecule has 10 heteroatoms. The summed E-state index contributed by atoms with van der Waals surface area (Å²) in [7, 11) is 0. The third-order valence-corrected chi connectivity index (χ3v) is 3.51. The maximum Gasteiger partial charge on any atom is 0.252 e. The van der Waals surface area contributed by atoms with Gasteiger partial charge in [-0.05, 0) is 6.92 Å². The van der Waals surface area contributed by atoms with E-state index in [1.807, 2.05) is 0 Å². The SMILES string of the molecule is CCNC(=O)C1O[C@@H](n2cnc3c(N)ncnc32)C(O)C1O. The molecule has 3 unspecified atom stereocenters. The molecule has 1 amide bonds. The lowest BCUT2D eigenvalue weighted by Crippen LogP contribution is -2.42. The predicted molar refractivity (Wildman–Crippen MR) is 74.3 cm³/mol. The van der Waals surface area contributed by atoms with E-state index in [0.717, 1.165) is 0 Å². The molecule has 22 heavy (non-hydrogen) atoms. The van der Waals surface area contributed by atoms with Crippen LogP contribution >= 0.6 is 0 Å². The van der Waals surface area contributed by atoms with Gasteiger partial charge in [0.2, 0.25) is 0 Å². The molecule has 0 radical (unpaired) electrons. The summed E-state index contributed by atoms with van der Waals surface area (Å²) in [6, 6.07) is 0. The predicted octanol–water partition coefficient (Wildman–Crippen LogP) is -1.84. The van der Waals surface area contributed by atoms with E-state index in [0.29, 0.717) is 17.7 Å². The minimum atomic E-state index is -1.35. The molecule has 0 aromatic carbocycles. The molecule has 0 saturated carbocycles. The lowest BCUT2D eigenvalue weighted by molar-refractivity contribution is -0.137.